The normalized spacial score (nSPS) is 24.4. The van der Waals surface area contributed by atoms with Gasteiger partial charge in [-0.15, -0.1) is 0 Å². The zero-order chi connectivity index (χ0) is 13.7. The minimum atomic E-state index is -4.22. The van der Waals surface area contributed by atoms with Crippen LogP contribution in [-0.2, 0) is 0 Å². The lowest BCUT2D eigenvalue weighted by atomic mass is 9.85. The van der Waals surface area contributed by atoms with Crippen LogP contribution in [0.2, 0.25) is 0 Å². The van der Waals surface area contributed by atoms with Crippen LogP contribution >= 0.6 is 0 Å². The Morgan fingerprint density at radius 1 is 1.28 bits per heavy atom. The molecule has 2 nitrogen and oxygen atoms in total. The van der Waals surface area contributed by atoms with Gasteiger partial charge in [-0.3, -0.25) is 0 Å². The predicted octanol–water partition coefficient (Wildman–Crippen LogP) is 3.14. The predicted molar refractivity (Wildman–Crippen MR) is 54.5 cm³/mol. The van der Waals surface area contributed by atoms with Gasteiger partial charge in [0.1, 0.15) is 11.6 Å². The van der Waals surface area contributed by atoms with Crippen LogP contribution in [0, 0.1) is 12.7 Å². The van der Waals surface area contributed by atoms with Gasteiger partial charge in [-0.05, 0) is 18.6 Å². The summed E-state index contributed by atoms with van der Waals surface area (Å²) in [6.45, 7) is 1.41. The number of aryl methyl sites for hydroxylation is 1. The number of halogens is 5. The second-order valence-electron chi connectivity index (χ2n) is 4.28. The molecule has 0 aliphatic heterocycles. The number of rotatable bonds is 2. The molecule has 1 aromatic carbocycles. The molecule has 1 aromatic rings. The Bertz CT molecular complexity index is 489. The SMILES string of the molecule is Cc1cc(F)c(N)cc1OC1CC(F)(F)C1(F)F. The highest BCUT2D eigenvalue weighted by atomic mass is 19.3. The molecule has 0 amide bonds. The molecule has 2 rings (SSSR count). The standard InChI is InChI=1S/C11H10F5NO/c1-5-2-6(12)7(17)3-8(5)18-9-4-10(13,14)11(9,15)16/h2-3,9H,4,17H2,1H3. The monoisotopic (exact) mass is 267 g/mol. The van der Waals surface area contributed by atoms with Crippen molar-refractivity contribution < 1.29 is 26.7 Å². The number of hydrogen-bond donors (Lipinski definition) is 1. The lowest BCUT2D eigenvalue weighted by molar-refractivity contribution is -0.324. The van der Waals surface area contributed by atoms with Gasteiger partial charge in [-0.25, -0.2) is 4.39 Å². The van der Waals surface area contributed by atoms with E-state index in [2.05, 4.69) is 0 Å². The molecule has 0 spiro atoms. The van der Waals surface area contributed by atoms with Crippen LogP contribution in [0.1, 0.15) is 12.0 Å². The van der Waals surface area contributed by atoms with Crippen LogP contribution in [0.5, 0.6) is 5.75 Å². The van der Waals surface area contributed by atoms with Crippen molar-refractivity contribution in [3.05, 3.63) is 23.5 Å². The number of benzene rings is 1. The first-order valence-corrected chi connectivity index (χ1v) is 5.13. The van der Waals surface area contributed by atoms with Crippen molar-refractivity contribution in [3.63, 3.8) is 0 Å². The summed E-state index contributed by atoms with van der Waals surface area (Å²) in [6, 6.07) is 2.01. The Balaban J connectivity index is 2.20. The fourth-order valence-electron chi connectivity index (χ4n) is 1.67. The van der Waals surface area contributed by atoms with E-state index in [0.717, 1.165) is 12.1 Å². The zero-order valence-corrected chi connectivity index (χ0v) is 9.31. The van der Waals surface area contributed by atoms with Gasteiger partial charge in [-0.2, -0.15) is 17.6 Å². The molecule has 1 atom stereocenters. The van der Waals surface area contributed by atoms with Crippen molar-refractivity contribution >= 4 is 5.69 Å². The molecule has 0 saturated heterocycles. The van der Waals surface area contributed by atoms with Crippen LogP contribution in [0.3, 0.4) is 0 Å². The number of hydrogen-bond acceptors (Lipinski definition) is 2. The lowest BCUT2D eigenvalue weighted by Crippen LogP contribution is -2.64. The summed E-state index contributed by atoms with van der Waals surface area (Å²) in [7, 11) is 0. The third kappa shape index (κ3) is 1.77. The molecule has 0 aromatic heterocycles. The third-order valence-electron chi connectivity index (χ3n) is 2.90. The summed E-state index contributed by atoms with van der Waals surface area (Å²) in [4.78, 5) is 0. The van der Waals surface area contributed by atoms with E-state index in [4.69, 9.17) is 10.5 Å². The largest absolute Gasteiger partial charge is 0.483 e. The van der Waals surface area contributed by atoms with Gasteiger partial charge in [0.2, 0.25) is 0 Å². The van der Waals surface area contributed by atoms with Crippen LogP contribution < -0.4 is 10.5 Å². The Morgan fingerprint density at radius 3 is 2.39 bits per heavy atom. The number of nitrogens with two attached hydrogens (primary N) is 1. The van der Waals surface area contributed by atoms with Crippen LogP contribution in [0.25, 0.3) is 0 Å². The molecule has 100 valence electrons. The molecule has 1 unspecified atom stereocenters. The van der Waals surface area contributed by atoms with E-state index in [1.165, 1.54) is 6.92 Å². The van der Waals surface area contributed by atoms with Crippen molar-refractivity contribution in [1.29, 1.82) is 0 Å². The highest BCUT2D eigenvalue weighted by Gasteiger charge is 2.73. The molecule has 0 heterocycles. The molecule has 0 radical (unpaired) electrons. The number of nitrogen functional groups attached to an aromatic ring is 1. The minimum absolute atomic E-state index is 0.117. The molecular formula is C11H10F5NO. The second-order valence-corrected chi connectivity index (χ2v) is 4.28. The van der Waals surface area contributed by atoms with Crippen molar-refractivity contribution in [1.82, 2.24) is 0 Å². The van der Waals surface area contributed by atoms with Gasteiger partial charge in [0.15, 0.2) is 6.10 Å². The number of anilines is 1. The molecule has 2 N–H and O–H groups in total. The van der Waals surface area contributed by atoms with E-state index in [0.29, 0.717) is 0 Å². The average Bonchev–Trinajstić information content (AvgIpc) is 2.24. The molecule has 1 saturated carbocycles. The Morgan fingerprint density at radius 2 is 1.89 bits per heavy atom. The van der Waals surface area contributed by atoms with E-state index in [1.807, 2.05) is 0 Å². The van der Waals surface area contributed by atoms with E-state index < -0.39 is 30.2 Å². The second kappa shape index (κ2) is 3.73. The van der Waals surface area contributed by atoms with Crippen molar-refractivity contribution in [2.24, 2.45) is 0 Å². The van der Waals surface area contributed by atoms with E-state index in [-0.39, 0.29) is 17.0 Å². The maximum absolute atomic E-state index is 13.0. The summed E-state index contributed by atoms with van der Waals surface area (Å²) in [5.41, 5.74) is 5.18. The summed E-state index contributed by atoms with van der Waals surface area (Å²) in [5.74, 6) is -9.11. The van der Waals surface area contributed by atoms with Gasteiger partial charge in [-0.1, -0.05) is 0 Å². The maximum atomic E-state index is 13.0. The van der Waals surface area contributed by atoms with Crippen molar-refractivity contribution in [2.75, 3.05) is 5.73 Å². The molecule has 1 aliphatic rings. The summed E-state index contributed by atoms with van der Waals surface area (Å²) < 4.78 is 69.0. The Labute approximate surface area is 99.5 Å². The number of ether oxygens (including phenoxy) is 1. The quantitative estimate of drug-likeness (QED) is 0.660. The first-order valence-electron chi connectivity index (χ1n) is 5.13. The van der Waals surface area contributed by atoms with Crippen LogP contribution in [-0.4, -0.2) is 17.9 Å². The number of alkyl halides is 4. The van der Waals surface area contributed by atoms with Crippen molar-refractivity contribution in [3.8, 4) is 5.75 Å². The highest BCUT2D eigenvalue weighted by molar-refractivity contribution is 5.49. The Hall–Kier alpha value is -1.53. The van der Waals surface area contributed by atoms with Gasteiger partial charge >= 0.3 is 11.8 Å². The first kappa shape index (κ1) is 12.9. The Kier molecular flexibility index (Phi) is 2.68. The van der Waals surface area contributed by atoms with Gasteiger partial charge in [0.05, 0.1) is 12.1 Å². The molecule has 7 heteroatoms. The van der Waals surface area contributed by atoms with E-state index >= 15 is 0 Å². The molecule has 18 heavy (non-hydrogen) atoms. The van der Waals surface area contributed by atoms with Crippen LogP contribution in [0.4, 0.5) is 27.6 Å². The van der Waals surface area contributed by atoms with Crippen LogP contribution in [0.15, 0.2) is 12.1 Å². The topological polar surface area (TPSA) is 35.2 Å². The maximum Gasteiger partial charge on any atom is 0.346 e. The van der Waals surface area contributed by atoms with Gasteiger partial charge in [0, 0.05) is 6.07 Å². The lowest BCUT2D eigenvalue weighted by Gasteiger charge is -2.43. The molecule has 1 fully saturated rings. The average molecular weight is 267 g/mol. The summed E-state index contributed by atoms with van der Waals surface area (Å²) in [6.07, 6.45) is -2.99. The molecular weight excluding hydrogens is 257 g/mol. The minimum Gasteiger partial charge on any atom is -0.483 e. The zero-order valence-electron chi connectivity index (χ0n) is 9.31. The smallest absolute Gasteiger partial charge is 0.346 e. The van der Waals surface area contributed by atoms with Crippen molar-refractivity contribution in [2.45, 2.75) is 31.3 Å². The first-order chi connectivity index (χ1) is 8.15. The third-order valence-corrected chi connectivity index (χ3v) is 2.90. The van der Waals surface area contributed by atoms with E-state index in [1.54, 1.807) is 0 Å². The molecule has 1 aliphatic carbocycles. The fraction of sp³-hybridized carbons (Fsp3) is 0.455. The van der Waals surface area contributed by atoms with Gasteiger partial charge < -0.3 is 10.5 Å². The fourth-order valence-corrected chi connectivity index (χ4v) is 1.67. The molecule has 0 bridgehead atoms. The highest BCUT2D eigenvalue weighted by Crippen LogP contribution is 2.52. The van der Waals surface area contributed by atoms with E-state index in [9.17, 15) is 22.0 Å². The summed E-state index contributed by atoms with van der Waals surface area (Å²) >= 11 is 0. The summed E-state index contributed by atoms with van der Waals surface area (Å²) in [5, 5.41) is 0. The van der Waals surface area contributed by atoms with Gasteiger partial charge in [0.25, 0.3) is 0 Å².